The van der Waals surface area contributed by atoms with Crippen LogP contribution >= 0.6 is 11.3 Å². The first-order chi connectivity index (χ1) is 12.7. The summed E-state index contributed by atoms with van der Waals surface area (Å²) >= 11 is 1.31. The van der Waals surface area contributed by atoms with Crippen LogP contribution in [0.15, 0.2) is 48.5 Å². The molecule has 3 nitrogen and oxygen atoms in total. The Morgan fingerprint density at radius 3 is 2.65 bits per heavy atom. The second kappa shape index (κ2) is 8.43. The molecule has 0 aliphatic rings. The molecule has 1 aromatic heterocycles. The first kappa shape index (κ1) is 18.5. The van der Waals surface area contributed by atoms with Crippen molar-refractivity contribution in [3.05, 3.63) is 70.4 Å². The minimum absolute atomic E-state index is 0.174. The summed E-state index contributed by atoms with van der Waals surface area (Å²) in [6.07, 6.45) is 0.927. The van der Waals surface area contributed by atoms with E-state index in [0.29, 0.717) is 22.4 Å². The van der Waals surface area contributed by atoms with Crippen molar-refractivity contribution in [1.82, 2.24) is 5.32 Å². The molecule has 0 spiro atoms. The molecule has 3 aromatic rings. The summed E-state index contributed by atoms with van der Waals surface area (Å²) in [6, 6.07) is 15.1. The highest BCUT2D eigenvalue weighted by Gasteiger charge is 2.21. The van der Waals surface area contributed by atoms with E-state index in [1.807, 2.05) is 24.3 Å². The predicted molar refractivity (Wildman–Crippen MR) is 104 cm³/mol. The average Bonchev–Trinajstić information content (AvgIpc) is 3.03. The molecule has 0 bridgehead atoms. The number of methoxy groups -OCH3 is 1. The van der Waals surface area contributed by atoms with E-state index in [1.54, 1.807) is 13.2 Å². The molecule has 0 radical (unpaired) electrons. The van der Waals surface area contributed by atoms with Gasteiger partial charge in [0.15, 0.2) is 0 Å². The lowest BCUT2D eigenvalue weighted by Gasteiger charge is -2.16. The van der Waals surface area contributed by atoms with Crippen LogP contribution in [0.5, 0.6) is 0 Å². The lowest BCUT2D eigenvalue weighted by Crippen LogP contribution is -2.28. The quantitative estimate of drug-likeness (QED) is 0.627. The monoisotopic (exact) mass is 371 g/mol. The third-order valence-corrected chi connectivity index (χ3v) is 5.73. The molecule has 0 aliphatic heterocycles. The maximum atomic E-state index is 14.3. The molecule has 136 valence electrons. The molecule has 1 amide bonds. The molecule has 1 N–H and O–H groups in total. The van der Waals surface area contributed by atoms with Gasteiger partial charge in [0.25, 0.3) is 5.91 Å². The van der Waals surface area contributed by atoms with Gasteiger partial charge in [0.05, 0.1) is 11.5 Å². The van der Waals surface area contributed by atoms with Crippen LogP contribution in [-0.4, -0.2) is 19.6 Å². The maximum Gasteiger partial charge on any atom is 0.261 e. The Hall–Kier alpha value is -2.24. The number of benzene rings is 2. The molecular weight excluding hydrogens is 349 g/mol. The van der Waals surface area contributed by atoms with Crippen molar-refractivity contribution in [2.45, 2.75) is 25.9 Å². The summed E-state index contributed by atoms with van der Waals surface area (Å²) in [7, 11) is 1.55. The fourth-order valence-corrected chi connectivity index (χ4v) is 4.29. The van der Waals surface area contributed by atoms with Gasteiger partial charge >= 0.3 is 0 Å². The molecule has 0 unspecified atom stereocenters. The summed E-state index contributed by atoms with van der Waals surface area (Å²) in [5.74, 6) is -0.246. The predicted octanol–water partition coefficient (Wildman–Crippen LogP) is 5.11. The fourth-order valence-electron chi connectivity index (χ4n) is 3.15. The van der Waals surface area contributed by atoms with Crippen LogP contribution in [0.25, 0.3) is 10.1 Å². The minimum Gasteiger partial charge on any atom is -0.380 e. The van der Waals surface area contributed by atoms with E-state index >= 15 is 0 Å². The molecule has 2 aromatic carbocycles. The van der Waals surface area contributed by atoms with Crippen molar-refractivity contribution in [3.8, 4) is 0 Å². The van der Waals surface area contributed by atoms with Crippen LogP contribution < -0.4 is 5.32 Å². The maximum absolute atomic E-state index is 14.3. The third-order valence-electron chi connectivity index (χ3n) is 4.53. The van der Waals surface area contributed by atoms with Crippen molar-refractivity contribution < 1.29 is 13.9 Å². The number of carbonyl (C=O) groups is 1. The van der Waals surface area contributed by atoms with E-state index in [-0.39, 0.29) is 24.2 Å². The molecule has 1 atom stereocenters. The highest BCUT2D eigenvalue weighted by molar-refractivity contribution is 7.21. The molecule has 5 heteroatoms. The molecule has 3 rings (SSSR count). The Labute approximate surface area is 156 Å². The molecule has 26 heavy (non-hydrogen) atoms. The highest BCUT2D eigenvalue weighted by atomic mass is 32.1. The van der Waals surface area contributed by atoms with Crippen molar-refractivity contribution in [2.24, 2.45) is 0 Å². The van der Waals surface area contributed by atoms with Gasteiger partial charge in [0.2, 0.25) is 0 Å². The van der Waals surface area contributed by atoms with Gasteiger partial charge in [-0.05, 0) is 24.1 Å². The van der Waals surface area contributed by atoms with Crippen LogP contribution in [0.4, 0.5) is 4.39 Å². The number of carbonyl (C=O) groups excluding carboxylic acids is 1. The lowest BCUT2D eigenvalue weighted by atomic mass is 9.96. The van der Waals surface area contributed by atoms with Crippen LogP contribution in [-0.2, 0) is 11.3 Å². The summed E-state index contributed by atoms with van der Waals surface area (Å²) in [5, 5.41) is 3.51. The van der Waals surface area contributed by atoms with Gasteiger partial charge in [-0.1, -0.05) is 43.3 Å². The average molecular weight is 371 g/mol. The largest absolute Gasteiger partial charge is 0.380 e. The van der Waals surface area contributed by atoms with Gasteiger partial charge in [-0.25, -0.2) is 4.39 Å². The number of amides is 1. The molecule has 0 fully saturated rings. The van der Waals surface area contributed by atoms with Gasteiger partial charge in [-0.2, -0.15) is 0 Å². The number of halogens is 1. The molecular formula is C21H22FNO2S. The summed E-state index contributed by atoms with van der Waals surface area (Å²) < 4.78 is 20.2. The Balaban J connectivity index is 1.83. The summed E-state index contributed by atoms with van der Waals surface area (Å²) in [5.41, 5.74) is 1.82. The zero-order valence-corrected chi connectivity index (χ0v) is 15.7. The van der Waals surface area contributed by atoms with Crippen LogP contribution in [0, 0.1) is 5.82 Å². The zero-order valence-electron chi connectivity index (χ0n) is 14.9. The van der Waals surface area contributed by atoms with Crippen LogP contribution in [0.2, 0.25) is 0 Å². The SMILES string of the molecule is CC[C@H](CNC(=O)c1sc2cccc(F)c2c1COC)c1ccccc1. The molecule has 0 saturated heterocycles. The Morgan fingerprint density at radius 1 is 1.19 bits per heavy atom. The van der Waals surface area contributed by atoms with Gasteiger partial charge < -0.3 is 10.1 Å². The van der Waals surface area contributed by atoms with E-state index in [9.17, 15) is 9.18 Å². The number of nitrogens with one attached hydrogen (secondary N) is 1. The van der Waals surface area contributed by atoms with Crippen molar-refractivity contribution >= 4 is 27.3 Å². The zero-order chi connectivity index (χ0) is 18.5. The van der Waals surface area contributed by atoms with Gasteiger partial charge in [-0.3, -0.25) is 4.79 Å². The number of thiophene rings is 1. The number of hydrogen-bond donors (Lipinski definition) is 1. The molecule has 1 heterocycles. The second-order valence-corrected chi connectivity index (χ2v) is 7.23. The van der Waals surface area contributed by atoms with E-state index < -0.39 is 0 Å². The van der Waals surface area contributed by atoms with Gasteiger partial charge in [0, 0.05) is 35.2 Å². The highest BCUT2D eigenvalue weighted by Crippen LogP contribution is 2.33. The topological polar surface area (TPSA) is 38.3 Å². The van der Waals surface area contributed by atoms with E-state index in [0.717, 1.165) is 11.1 Å². The number of rotatable bonds is 7. The smallest absolute Gasteiger partial charge is 0.261 e. The molecule has 0 saturated carbocycles. The van der Waals surface area contributed by atoms with Crippen molar-refractivity contribution in [1.29, 1.82) is 0 Å². The normalized spacial score (nSPS) is 12.3. The number of hydrogen-bond acceptors (Lipinski definition) is 3. The number of ether oxygens (including phenoxy) is 1. The Kier molecular flexibility index (Phi) is 6.01. The minimum atomic E-state index is -0.319. The van der Waals surface area contributed by atoms with Crippen LogP contribution in [0.1, 0.15) is 40.1 Å². The fraction of sp³-hybridized carbons (Fsp3) is 0.286. The van der Waals surface area contributed by atoms with E-state index in [2.05, 4.69) is 24.4 Å². The summed E-state index contributed by atoms with van der Waals surface area (Å²) in [6.45, 7) is 2.86. The van der Waals surface area contributed by atoms with Gasteiger partial charge in [0.1, 0.15) is 5.82 Å². The molecule has 0 aliphatic carbocycles. The first-order valence-corrected chi connectivity index (χ1v) is 9.49. The van der Waals surface area contributed by atoms with Crippen molar-refractivity contribution in [2.75, 3.05) is 13.7 Å². The number of fused-ring (bicyclic) bond motifs is 1. The Bertz CT molecular complexity index is 892. The third kappa shape index (κ3) is 3.79. The lowest BCUT2D eigenvalue weighted by molar-refractivity contribution is 0.0950. The first-order valence-electron chi connectivity index (χ1n) is 8.67. The van der Waals surface area contributed by atoms with E-state index in [4.69, 9.17) is 4.74 Å². The second-order valence-electron chi connectivity index (χ2n) is 6.18. The van der Waals surface area contributed by atoms with E-state index in [1.165, 1.54) is 23.0 Å². The summed E-state index contributed by atoms with van der Waals surface area (Å²) in [4.78, 5) is 13.3. The van der Waals surface area contributed by atoms with Crippen LogP contribution in [0.3, 0.4) is 0 Å². The van der Waals surface area contributed by atoms with Crippen molar-refractivity contribution in [3.63, 3.8) is 0 Å². The Morgan fingerprint density at radius 2 is 1.96 bits per heavy atom. The standard InChI is InChI=1S/C21H22FNO2S/c1-3-14(15-8-5-4-6-9-15)12-23-21(24)20-16(13-25-2)19-17(22)10-7-11-18(19)26-20/h4-11,14H,3,12-13H2,1-2H3,(H,23,24)/t14-/m1/s1. The van der Waals surface area contributed by atoms with Gasteiger partial charge in [-0.15, -0.1) is 11.3 Å².